The summed E-state index contributed by atoms with van der Waals surface area (Å²) in [5.74, 6) is -1.10. The minimum Gasteiger partial charge on any atom is -0.495 e. The summed E-state index contributed by atoms with van der Waals surface area (Å²) < 4.78 is 5.28. The minimum atomic E-state index is -0.799. The molecule has 2 aromatic rings. The van der Waals surface area contributed by atoms with E-state index in [4.69, 9.17) is 16.3 Å². The fraction of sp³-hybridized carbons (Fsp3) is 0.286. The maximum Gasteiger partial charge on any atom is 0.253 e. The number of fused-ring (bicyclic) bond motifs is 1. The first-order chi connectivity index (χ1) is 13.6. The lowest BCUT2D eigenvalue weighted by atomic mass is 9.88. The zero-order valence-corrected chi connectivity index (χ0v) is 16.1. The molecule has 0 spiro atoms. The van der Waals surface area contributed by atoms with Crippen LogP contribution in [0.3, 0.4) is 0 Å². The zero-order valence-electron chi connectivity index (χ0n) is 15.4. The molecule has 1 heterocycles. The molecule has 0 bridgehead atoms. The van der Waals surface area contributed by atoms with Gasteiger partial charge in [-0.15, -0.1) is 0 Å². The number of hydrogen-bond donors (Lipinski definition) is 2. The number of nitrogens with one attached hydrogen (secondary N) is 2. The van der Waals surface area contributed by atoms with Crippen molar-refractivity contribution >= 4 is 29.1 Å². The number of methoxy groups -OCH3 is 1. The van der Waals surface area contributed by atoms with Crippen LogP contribution in [0.1, 0.15) is 29.0 Å². The number of amides is 2. The molecule has 4 rings (SSSR count). The van der Waals surface area contributed by atoms with Gasteiger partial charge in [-0.25, -0.2) is 5.43 Å². The molecule has 1 saturated heterocycles. The summed E-state index contributed by atoms with van der Waals surface area (Å²) in [7, 11) is 1.56. The van der Waals surface area contributed by atoms with E-state index >= 15 is 0 Å². The summed E-state index contributed by atoms with van der Waals surface area (Å²) in [5.41, 5.74) is 6.30. The van der Waals surface area contributed by atoms with E-state index in [0.29, 0.717) is 23.7 Å². The highest BCUT2D eigenvalue weighted by molar-refractivity contribution is 6.32. The standard InChI is InChI=1S/C21H20ClN3O3/c1-28-18-10-14-13(9-16(18)22)7-8-17(14)24-25-21(27)19-15(11-23-20(19)26)12-5-3-2-4-6-12/h2-6,9-10,15,19H,7-8,11H2,1H3,(H,23,26)(H,25,27)/b24-17+. The van der Waals surface area contributed by atoms with Crippen molar-refractivity contribution in [3.05, 3.63) is 64.2 Å². The van der Waals surface area contributed by atoms with E-state index in [1.54, 1.807) is 7.11 Å². The highest BCUT2D eigenvalue weighted by Crippen LogP contribution is 2.33. The van der Waals surface area contributed by atoms with Crippen LogP contribution in [0.25, 0.3) is 0 Å². The van der Waals surface area contributed by atoms with Gasteiger partial charge in [-0.2, -0.15) is 5.10 Å². The molecule has 144 valence electrons. The van der Waals surface area contributed by atoms with Gasteiger partial charge in [-0.3, -0.25) is 9.59 Å². The van der Waals surface area contributed by atoms with Crippen LogP contribution in [0.15, 0.2) is 47.6 Å². The van der Waals surface area contributed by atoms with Crippen LogP contribution in [0.4, 0.5) is 0 Å². The summed E-state index contributed by atoms with van der Waals surface area (Å²) in [6, 6.07) is 13.3. The van der Waals surface area contributed by atoms with Crippen LogP contribution < -0.4 is 15.5 Å². The molecule has 2 N–H and O–H groups in total. The van der Waals surface area contributed by atoms with Gasteiger partial charge in [-0.05, 0) is 36.1 Å². The third-order valence-corrected chi connectivity index (χ3v) is 5.61. The molecule has 2 atom stereocenters. The Labute approximate surface area is 167 Å². The smallest absolute Gasteiger partial charge is 0.253 e. The summed E-state index contributed by atoms with van der Waals surface area (Å²) in [6.45, 7) is 0.441. The fourth-order valence-corrected chi connectivity index (χ4v) is 4.12. The number of halogens is 1. The monoisotopic (exact) mass is 397 g/mol. The third-order valence-electron chi connectivity index (χ3n) is 5.31. The molecule has 2 aromatic carbocycles. The van der Waals surface area contributed by atoms with Crippen molar-refractivity contribution in [3.8, 4) is 5.75 Å². The van der Waals surface area contributed by atoms with Gasteiger partial charge in [0, 0.05) is 18.0 Å². The quantitative estimate of drug-likeness (QED) is 0.614. The molecule has 6 nitrogen and oxygen atoms in total. The first-order valence-corrected chi connectivity index (χ1v) is 9.52. The Morgan fingerprint density at radius 2 is 2.04 bits per heavy atom. The van der Waals surface area contributed by atoms with Crippen LogP contribution in [0.5, 0.6) is 5.75 Å². The van der Waals surface area contributed by atoms with E-state index in [-0.39, 0.29) is 11.8 Å². The number of carbonyl (C=O) groups is 2. The van der Waals surface area contributed by atoms with E-state index < -0.39 is 11.8 Å². The van der Waals surface area contributed by atoms with Gasteiger partial charge >= 0.3 is 0 Å². The van der Waals surface area contributed by atoms with Gasteiger partial charge in [0.25, 0.3) is 5.91 Å². The van der Waals surface area contributed by atoms with Crippen molar-refractivity contribution in [2.75, 3.05) is 13.7 Å². The molecule has 1 fully saturated rings. The van der Waals surface area contributed by atoms with Crippen LogP contribution >= 0.6 is 11.6 Å². The zero-order chi connectivity index (χ0) is 19.7. The molecule has 0 aromatic heterocycles. The molecule has 2 aliphatic rings. The highest BCUT2D eigenvalue weighted by atomic mass is 35.5. The maximum atomic E-state index is 12.8. The number of nitrogens with zero attached hydrogens (tertiary/aromatic N) is 1. The second-order valence-electron chi connectivity index (χ2n) is 6.92. The Balaban J connectivity index is 1.54. The number of aryl methyl sites for hydroxylation is 1. The molecule has 2 unspecified atom stereocenters. The number of ether oxygens (including phenoxy) is 1. The molecule has 1 aliphatic carbocycles. The molecule has 0 radical (unpaired) electrons. The number of benzene rings is 2. The van der Waals surface area contributed by atoms with Crippen molar-refractivity contribution < 1.29 is 14.3 Å². The number of carbonyl (C=O) groups excluding carboxylic acids is 2. The number of hydrogen-bond acceptors (Lipinski definition) is 4. The summed E-state index contributed by atoms with van der Waals surface area (Å²) in [5, 5.41) is 7.66. The molecule has 1 aliphatic heterocycles. The Kier molecular flexibility index (Phi) is 5.05. The topological polar surface area (TPSA) is 79.8 Å². The summed E-state index contributed by atoms with van der Waals surface area (Å²) in [4.78, 5) is 25.0. The highest BCUT2D eigenvalue weighted by Gasteiger charge is 2.41. The molecular formula is C21H20ClN3O3. The number of hydrazone groups is 1. The second-order valence-corrected chi connectivity index (χ2v) is 7.33. The van der Waals surface area contributed by atoms with Gasteiger partial charge in [0.05, 0.1) is 17.8 Å². The van der Waals surface area contributed by atoms with Crippen molar-refractivity contribution in [1.82, 2.24) is 10.7 Å². The summed E-state index contributed by atoms with van der Waals surface area (Å²) in [6.07, 6.45) is 1.49. The van der Waals surface area contributed by atoms with Crippen molar-refractivity contribution in [2.24, 2.45) is 11.0 Å². The molecular weight excluding hydrogens is 378 g/mol. The lowest BCUT2D eigenvalue weighted by Gasteiger charge is -2.15. The average molecular weight is 398 g/mol. The number of rotatable bonds is 4. The molecule has 28 heavy (non-hydrogen) atoms. The lowest BCUT2D eigenvalue weighted by molar-refractivity contribution is -0.133. The third kappa shape index (κ3) is 3.36. The van der Waals surface area contributed by atoms with Crippen LogP contribution in [0, 0.1) is 5.92 Å². The Hall–Kier alpha value is -2.86. The minimum absolute atomic E-state index is 0.205. The second kappa shape index (κ2) is 7.64. The van der Waals surface area contributed by atoms with Crippen LogP contribution in [-0.2, 0) is 16.0 Å². The van der Waals surface area contributed by atoms with Gasteiger partial charge in [0.2, 0.25) is 5.91 Å². The van der Waals surface area contributed by atoms with Gasteiger partial charge in [-0.1, -0.05) is 41.9 Å². The Bertz CT molecular complexity index is 959. The molecule has 2 amide bonds. The van der Waals surface area contributed by atoms with E-state index in [2.05, 4.69) is 15.8 Å². The SMILES string of the molecule is COc1cc2c(cc1Cl)CC/C2=N\NC(=O)C1C(=O)NCC1c1ccccc1. The van der Waals surface area contributed by atoms with Gasteiger partial charge in [0.1, 0.15) is 11.7 Å². The largest absolute Gasteiger partial charge is 0.495 e. The van der Waals surface area contributed by atoms with E-state index in [1.165, 1.54) is 0 Å². The predicted molar refractivity (Wildman–Crippen MR) is 107 cm³/mol. The normalized spacial score (nSPS) is 22.1. The van der Waals surface area contributed by atoms with Crippen LogP contribution in [0.2, 0.25) is 5.02 Å². The fourth-order valence-electron chi connectivity index (χ4n) is 3.86. The molecule has 0 saturated carbocycles. The maximum absolute atomic E-state index is 12.8. The van der Waals surface area contributed by atoms with Gasteiger partial charge in [0.15, 0.2) is 0 Å². The van der Waals surface area contributed by atoms with Crippen molar-refractivity contribution in [3.63, 3.8) is 0 Å². The lowest BCUT2D eigenvalue weighted by Crippen LogP contribution is -2.35. The Morgan fingerprint density at radius 1 is 1.25 bits per heavy atom. The first-order valence-electron chi connectivity index (χ1n) is 9.14. The van der Waals surface area contributed by atoms with Crippen LogP contribution in [-0.4, -0.2) is 31.2 Å². The van der Waals surface area contributed by atoms with Crippen molar-refractivity contribution in [1.29, 1.82) is 0 Å². The Morgan fingerprint density at radius 3 is 2.79 bits per heavy atom. The van der Waals surface area contributed by atoms with E-state index in [1.807, 2.05) is 42.5 Å². The van der Waals surface area contributed by atoms with Crippen molar-refractivity contribution in [2.45, 2.75) is 18.8 Å². The van der Waals surface area contributed by atoms with E-state index in [0.717, 1.165) is 28.8 Å². The predicted octanol–water partition coefficient (Wildman–Crippen LogP) is 2.64. The van der Waals surface area contributed by atoms with E-state index in [9.17, 15) is 9.59 Å². The average Bonchev–Trinajstić information content (AvgIpc) is 3.29. The van der Waals surface area contributed by atoms with Gasteiger partial charge < -0.3 is 10.1 Å². The summed E-state index contributed by atoms with van der Waals surface area (Å²) >= 11 is 6.18. The molecule has 7 heteroatoms. The first kappa shape index (κ1) is 18.5.